The van der Waals surface area contributed by atoms with Gasteiger partial charge < -0.3 is 28.2 Å². The molecular formula is H2Ba2Ga2O4Si. The molecule has 9 heteroatoms. The van der Waals surface area contributed by atoms with Crippen LogP contribution in [0.5, 0.6) is 0 Å². The van der Waals surface area contributed by atoms with Crippen LogP contribution in [0.1, 0.15) is 0 Å². The molecule has 0 unspecified atom stereocenters. The molecule has 0 N–H and O–H groups in total. The van der Waals surface area contributed by atoms with Gasteiger partial charge in [0.1, 0.15) is 0 Å². The average molecular weight is 508 g/mol. The topological polar surface area (TPSA) is 92.2 Å². The third-order valence-electron chi connectivity index (χ3n) is 0. The van der Waals surface area contributed by atoms with Crippen molar-refractivity contribution < 1.29 is 19.2 Å². The van der Waals surface area contributed by atoms with Gasteiger partial charge >= 0.3 is 102 Å². The molecule has 9 heavy (non-hydrogen) atoms. The van der Waals surface area contributed by atoms with Crippen LogP contribution >= 0.6 is 0 Å². The van der Waals surface area contributed by atoms with Gasteiger partial charge in [-0.25, -0.2) is 0 Å². The Labute approximate surface area is 126 Å². The molecule has 0 aromatic heterocycles. The van der Waals surface area contributed by atoms with Crippen LogP contribution in [0.3, 0.4) is 0 Å². The monoisotopic (exact) mass is 508 g/mol. The van der Waals surface area contributed by atoms with Crippen LogP contribution in [0, 0.1) is 0 Å². The molecule has 0 aromatic rings. The van der Waals surface area contributed by atoms with Gasteiger partial charge in [-0.2, -0.15) is 0 Å². The van der Waals surface area contributed by atoms with Crippen LogP contribution in [0.2, 0.25) is 0 Å². The Morgan fingerprint density at radius 2 is 0.778 bits per heavy atom. The van der Waals surface area contributed by atoms with E-state index in [1.165, 1.54) is 0 Å². The van der Waals surface area contributed by atoms with Crippen molar-refractivity contribution in [3.8, 4) is 0 Å². The fourth-order valence-electron chi connectivity index (χ4n) is 0. The summed E-state index contributed by atoms with van der Waals surface area (Å²) in [6.45, 7) is 0. The molecule has 0 bridgehead atoms. The molecule has 0 aromatic carbocycles. The minimum Gasteiger partial charge on any atom is -0.894 e. The zero-order valence-electron chi connectivity index (χ0n) is 5.29. The second kappa shape index (κ2) is 15.0. The zero-order valence-corrected chi connectivity index (χ0v) is 23.7. The molecule has 40 valence electrons. The van der Waals surface area contributed by atoms with Crippen molar-refractivity contribution >= 4 is 111 Å². The van der Waals surface area contributed by atoms with Gasteiger partial charge in [-0.3, -0.25) is 0 Å². The molecule has 0 saturated heterocycles. The molecule has 0 amide bonds. The van der Waals surface area contributed by atoms with Gasteiger partial charge in [0.05, 0.1) is 0 Å². The summed E-state index contributed by atoms with van der Waals surface area (Å²) in [5.74, 6) is 0. The van der Waals surface area contributed by atoms with Gasteiger partial charge in [0.2, 0.25) is 0 Å². The molecule has 0 spiro atoms. The fraction of sp³-hybridized carbons (Fsp3) is 0. The minimum atomic E-state index is -5.61. The second-order valence-electron chi connectivity index (χ2n) is 0.500. The molecule has 0 aliphatic heterocycles. The molecule has 0 atom stereocenters. The van der Waals surface area contributed by atoms with Crippen LogP contribution < -0.4 is 19.2 Å². The predicted molar refractivity (Wildman–Crippen MR) is 31.6 cm³/mol. The van der Waals surface area contributed by atoms with E-state index in [1.807, 2.05) is 18.1 Å². The second-order valence-corrected chi connectivity index (χ2v) is 1.50. The fourth-order valence-corrected chi connectivity index (χ4v) is 0. The quantitative estimate of drug-likeness (QED) is 0.305. The van der Waals surface area contributed by atoms with Crippen molar-refractivity contribution in [3.05, 3.63) is 0 Å². The Morgan fingerprint density at radius 3 is 0.778 bits per heavy atom. The van der Waals surface area contributed by atoms with Crippen molar-refractivity contribution in [2.24, 2.45) is 0 Å². The van der Waals surface area contributed by atoms with Gasteiger partial charge in [0.15, 0.2) is 0 Å². The molecule has 4 nitrogen and oxygen atoms in total. The minimum absolute atomic E-state index is 0.951. The van der Waals surface area contributed by atoms with Gasteiger partial charge in [-0.1, -0.05) is 0 Å². The van der Waals surface area contributed by atoms with E-state index in [9.17, 15) is 0 Å². The number of hydrogen-bond acceptors (Lipinski definition) is 4. The summed E-state index contributed by atoms with van der Waals surface area (Å²) in [5, 5.41) is 0. The Kier molecular flexibility index (Phi) is 31.8. The summed E-state index contributed by atoms with van der Waals surface area (Å²) in [6.07, 6.45) is 0. The molecule has 0 heterocycles. The maximum atomic E-state index is 8.58. The van der Waals surface area contributed by atoms with Gasteiger partial charge in [0.25, 0.3) is 0 Å². The Balaban J connectivity index is -0.0000000771. The maximum absolute atomic E-state index is 8.58. The molecule has 0 aliphatic carbocycles. The van der Waals surface area contributed by atoms with Crippen molar-refractivity contribution in [2.75, 3.05) is 0 Å². The Morgan fingerprint density at radius 1 is 0.778 bits per heavy atom. The molecule has 0 fully saturated rings. The maximum Gasteiger partial charge on any atom is -0.426 e. The molecule has 0 aliphatic rings. The van der Waals surface area contributed by atoms with E-state index in [1.54, 1.807) is 0 Å². The van der Waals surface area contributed by atoms with E-state index in [0.29, 0.717) is 0 Å². The zero-order chi connectivity index (χ0) is 8.50. The van der Waals surface area contributed by atoms with Crippen LogP contribution in [-0.2, 0) is 0 Å². The first-order chi connectivity index (χ1) is 4.00. The number of rotatable bonds is 0. The van der Waals surface area contributed by atoms with E-state index in [4.69, 9.17) is 19.2 Å². The van der Waals surface area contributed by atoms with E-state index in [2.05, 4.69) is 0 Å². The van der Waals surface area contributed by atoms with E-state index in [0.717, 1.165) is 84.1 Å². The first-order valence-corrected chi connectivity index (χ1v) is 46.1. The smallest absolute Gasteiger partial charge is 0.426 e. The molecule has 0 saturated carbocycles. The van der Waals surface area contributed by atoms with E-state index >= 15 is 0 Å². The van der Waals surface area contributed by atoms with Crippen molar-refractivity contribution in [1.82, 2.24) is 0 Å². The first kappa shape index (κ1) is 19.1. The summed E-state index contributed by atoms with van der Waals surface area (Å²) in [6, 6.07) is 0. The summed E-state index contributed by atoms with van der Waals surface area (Å²) >= 11 is 1.90. The largest absolute Gasteiger partial charge is 0.894 e. The Bertz CT molecular complexity index is 32.0. The van der Waals surface area contributed by atoms with Crippen LogP contribution in [0.4, 0.5) is 0 Å². The van der Waals surface area contributed by atoms with Crippen LogP contribution in [0.25, 0.3) is 0 Å². The van der Waals surface area contributed by atoms with Crippen molar-refractivity contribution in [2.45, 2.75) is 0 Å². The van der Waals surface area contributed by atoms with Gasteiger partial charge in [-0.15, -0.1) is 0 Å². The van der Waals surface area contributed by atoms with Gasteiger partial charge in [0, 0.05) is 0 Å². The Hall–Kier alpha value is 4.47. The molecule has 0 radical (unpaired) electrons. The first-order valence-electron chi connectivity index (χ1n) is 1.97. The standard InChI is InChI=1S/2Ba.2Ga.O4Si.2H/c;;;;1-5(2,3)4;;/q;;2*+2;-4;;. The summed E-state index contributed by atoms with van der Waals surface area (Å²) in [4.78, 5) is 34.3. The third-order valence-corrected chi connectivity index (χ3v) is 0. The summed E-state index contributed by atoms with van der Waals surface area (Å²) in [7, 11) is -1.79. The predicted octanol–water partition coefficient (Wildman–Crippen LogP) is -7.20. The third kappa shape index (κ3) is 68.4. The normalized spacial score (nSPS) is 7.78. The van der Waals surface area contributed by atoms with E-state index in [-0.39, 0.29) is 0 Å². The van der Waals surface area contributed by atoms with Crippen LogP contribution in [-0.4, -0.2) is 111 Å². The van der Waals surface area contributed by atoms with Crippen molar-refractivity contribution in [3.63, 3.8) is 0 Å². The average Bonchev–Trinajstić information content (AvgIpc) is 1.72. The number of hydrogen-bond donors (Lipinski definition) is 0. The van der Waals surface area contributed by atoms with Gasteiger partial charge in [-0.05, 0) is 0 Å². The van der Waals surface area contributed by atoms with Crippen molar-refractivity contribution in [1.29, 1.82) is 0 Å². The molecular weight excluding hydrogens is 506 g/mol. The van der Waals surface area contributed by atoms with E-state index < -0.39 is 9.05 Å². The molecule has 0 rings (SSSR count). The van der Waals surface area contributed by atoms with Crippen LogP contribution in [0.15, 0.2) is 0 Å². The SMILES string of the molecule is [Ga+2][BaH].[Ga+2][BaH].[O-][Si]([O-])([O-])[O-]. The summed E-state index contributed by atoms with van der Waals surface area (Å²) in [5.41, 5.74) is 0. The summed E-state index contributed by atoms with van der Waals surface area (Å²) < 4.78 is 0.